The minimum absolute atomic E-state index is 0.333. The average Bonchev–Trinajstić information content (AvgIpc) is 2.61. The number of hydrazone groups is 1. The summed E-state index contributed by atoms with van der Waals surface area (Å²) in [5.41, 5.74) is 3.76. The number of nitrogens with one attached hydrogen (secondary N) is 1. The zero-order valence-corrected chi connectivity index (χ0v) is 13.7. The highest BCUT2D eigenvalue weighted by Crippen LogP contribution is 2.22. The average molecular weight is 339 g/mol. The van der Waals surface area contributed by atoms with Crippen molar-refractivity contribution < 1.29 is 9.53 Å². The van der Waals surface area contributed by atoms with Gasteiger partial charge in [-0.05, 0) is 29.0 Å². The van der Waals surface area contributed by atoms with Crippen LogP contribution in [-0.4, -0.2) is 19.2 Å². The van der Waals surface area contributed by atoms with Crippen molar-refractivity contribution in [1.29, 1.82) is 0 Å². The van der Waals surface area contributed by atoms with Crippen molar-refractivity contribution in [3.63, 3.8) is 0 Å². The van der Waals surface area contributed by atoms with E-state index in [1.165, 1.54) is 7.11 Å². The zero-order chi connectivity index (χ0) is 16.9. The minimum atomic E-state index is -0.383. The van der Waals surface area contributed by atoms with E-state index in [1.54, 1.807) is 24.4 Å². The predicted molar refractivity (Wildman–Crippen MR) is 97.0 cm³/mol. The van der Waals surface area contributed by atoms with E-state index in [-0.39, 0.29) is 5.91 Å². The van der Waals surface area contributed by atoms with Crippen molar-refractivity contribution in [2.75, 3.05) is 7.11 Å². The van der Waals surface area contributed by atoms with Crippen LogP contribution in [0.2, 0.25) is 5.02 Å². The maximum atomic E-state index is 12.3. The number of amides is 1. The molecule has 0 fully saturated rings. The molecule has 3 aromatic rings. The first-order valence-electron chi connectivity index (χ1n) is 7.34. The third kappa shape index (κ3) is 3.39. The minimum Gasteiger partial charge on any atom is -0.496 e. The smallest absolute Gasteiger partial charge is 0.275 e. The van der Waals surface area contributed by atoms with Crippen LogP contribution in [-0.2, 0) is 0 Å². The van der Waals surface area contributed by atoms with E-state index in [4.69, 9.17) is 16.3 Å². The molecule has 0 atom stereocenters. The molecule has 1 amide bonds. The van der Waals surface area contributed by atoms with Gasteiger partial charge in [-0.3, -0.25) is 4.79 Å². The van der Waals surface area contributed by atoms with E-state index in [0.29, 0.717) is 16.3 Å². The summed E-state index contributed by atoms with van der Waals surface area (Å²) in [6, 6.07) is 18.8. The van der Waals surface area contributed by atoms with Crippen LogP contribution in [0.5, 0.6) is 5.75 Å². The van der Waals surface area contributed by atoms with Gasteiger partial charge in [-0.15, -0.1) is 0 Å². The van der Waals surface area contributed by atoms with Gasteiger partial charge in [-0.2, -0.15) is 5.10 Å². The molecule has 5 heteroatoms. The van der Waals surface area contributed by atoms with Crippen LogP contribution in [0.15, 0.2) is 65.8 Å². The molecule has 0 aliphatic rings. The van der Waals surface area contributed by atoms with Crippen LogP contribution in [0.1, 0.15) is 15.9 Å². The fourth-order valence-corrected chi connectivity index (χ4v) is 2.61. The largest absolute Gasteiger partial charge is 0.496 e. The number of halogens is 1. The number of nitrogens with zero attached hydrogens (tertiary/aromatic N) is 1. The molecule has 0 unspecified atom stereocenters. The second-order valence-electron chi connectivity index (χ2n) is 5.11. The van der Waals surface area contributed by atoms with E-state index >= 15 is 0 Å². The summed E-state index contributed by atoms with van der Waals surface area (Å²) < 4.78 is 5.17. The first-order valence-corrected chi connectivity index (χ1v) is 7.71. The topological polar surface area (TPSA) is 50.7 Å². The third-order valence-electron chi connectivity index (χ3n) is 3.60. The molecule has 3 aromatic carbocycles. The van der Waals surface area contributed by atoms with E-state index in [1.807, 2.05) is 42.5 Å². The fraction of sp³-hybridized carbons (Fsp3) is 0.0526. The molecule has 0 heterocycles. The number of hydrogen-bond donors (Lipinski definition) is 1. The Balaban J connectivity index is 1.81. The Morgan fingerprint density at radius 2 is 1.92 bits per heavy atom. The molecule has 0 saturated carbocycles. The van der Waals surface area contributed by atoms with Gasteiger partial charge in [0, 0.05) is 10.6 Å². The standard InChI is InChI=1S/C19H15ClN2O2/c1-24-18-10-9-15(20)11-17(18)19(23)22-21-12-14-7-4-6-13-5-2-3-8-16(13)14/h2-12H,1H3,(H,22,23)/b21-12+. The van der Waals surface area contributed by atoms with Crippen LogP contribution < -0.4 is 10.2 Å². The monoisotopic (exact) mass is 338 g/mol. The van der Waals surface area contributed by atoms with Crippen LogP contribution in [0.25, 0.3) is 10.8 Å². The van der Waals surface area contributed by atoms with Crippen LogP contribution in [0.3, 0.4) is 0 Å². The van der Waals surface area contributed by atoms with Crippen molar-refractivity contribution in [2.24, 2.45) is 5.10 Å². The second kappa shape index (κ2) is 7.15. The Morgan fingerprint density at radius 1 is 1.12 bits per heavy atom. The molecule has 4 nitrogen and oxygen atoms in total. The number of methoxy groups -OCH3 is 1. The number of fused-ring (bicyclic) bond motifs is 1. The molecule has 24 heavy (non-hydrogen) atoms. The normalized spacial score (nSPS) is 10.9. The molecule has 0 aliphatic heterocycles. The van der Waals surface area contributed by atoms with E-state index in [9.17, 15) is 4.79 Å². The Labute approximate surface area is 144 Å². The lowest BCUT2D eigenvalue weighted by atomic mass is 10.1. The maximum absolute atomic E-state index is 12.3. The highest BCUT2D eigenvalue weighted by molar-refractivity contribution is 6.31. The quantitative estimate of drug-likeness (QED) is 0.570. The number of carbonyl (C=O) groups excluding carboxylic acids is 1. The summed E-state index contributed by atoms with van der Waals surface area (Å²) in [6.45, 7) is 0. The van der Waals surface area contributed by atoms with Gasteiger partial charge in [-0.25, -0.2) is 5.43 Å². The molecular weight excluding hydrogens is 324 g/mol. The van der Waals surface area contributed by atoms with Gasteiger partial charge in [0.25, 0.3) is 5.91 Å². The molecule has 0 aromatic heterocycles. The lowest BCUT2D eigenvalue weighted by Gasteiger charge is -2.07. The lowest BCUT2D eigenvalue weighted by molar-refractivity contribution is 0.0952. The molecule has 120 valence electrons. The number of hydrogen-bond acceptors (Lipinski definition) is 3. The first kappa shape index (κ1) is 16.0. The second-order valence-corrected chi connectivity index (χ2v) is 5.55. The Morgan fingerprint density at radius 3 is 2.75 bits per heavy atom. The molecule has 3 rings (SSSR count). The van der Waals surface area contributed by atoms with Crippen LogP contribution in [0, 0.1) is 0 Å². The van der Waals surface area contributed by atoms with Crippen LogP contribution in [0.4, 0.5) is 0 Å². The number of ether oxygens (including phenoxy) is 1. The molecule has 1 N–H and O–H groups in total. The van der Waals surface area contributed by atoms with Crippen molar-refractivity contribution in [1.82, 2.24) is 5.43 Å². The Kier molecular flexibility index (Phi) is 4.77. The lowest BCUT2D eigenvalue weighted by Crippen LogP contribution is -2.18. The number of benzene rings is 3. The van der Waals surface area contributed by atoms with Crippen molar-refractivity contribution in [2.45, 2.75) is 0 Å². The number of rotatable bonds is 4. The van der Waals surface area contributed by atoms with E-state index in [0.717, 1.165) is 16.3 Å². The summed E-state index contributed by atoms with van der Waals surface area (Å²) >= 11 is 5.94. The summed E-state index contributed by atoms with van der Waals surface area (Å²) in [7, 11) is 1.50. The molecule has 0 saturated heterocycles. The highest BCUT2D eigenvalue weighted by Gasteiger charge is 2.12. The first-order chi connectivity index (χ1) is 11.7. The van der Waals surface area contributed by atoms with E-state index in [2.05, 4.69) is 10.5 Å². The zero-order valence-electron chi connectivity index (χ0n) is 13.0. The summed E-state index contributed by atoms with van der Waals surface area (Å²) in [6.07, 6.45) is 1.62. The molecule has 0 spiro atoms. The summed E-state index contributed by atoms with van der Waals surface area (Å²) in [5.74, 6) is 0.0584. The molecule has 0 bridgehead atoms. The molecular formula is C19H15ClN2O2. The number of carbonyl (C=O) groups is 1. The van der Waals surface area contributed by atoms with Gasteiger partial charge in [0.2, 0.25) is 0 Å². The maximum Gasteiger partial charge on any atom is 0.275 e. The van der Waals surface area contributed by atoms with Gasteiger partial charge in [-0.1, -0.05) is 54.1 Å². The van der Waals surface area contributed by atoms with Gasteiger partial charge in [0.15, 0.2) is 0 Å². The predicted octanol–water partition coefficient (Wildman–Crippen LogP) is 4.27. The third-order valence-corrected chi connectivity index (χ3v) is 3.83. The van der Waals surface area contributed by atoms with Crippen molar-refractivity contribution >= 4 is 34.5 Å². The fourth-order valence-electron chi connectivity index (χ4n) is 2.44. The SMILES string of the molecule is COc1ccc(Cl)cc1C(=O)N/N=C/c1cccc2ccccc12. The molecule has 0 radical (unpaired) electrons. The van der Waals surface area contributed by atoms with Crippen LogP contribution >= 0.6 is 11.6 Å². The summed E-state index contributed by atoms with van der Waals surface area (Å²) in [5, 5.41) is 6.69. The van der Waals surface area contributed by atoms with Gasteiger partial charge in [0.05, 0.1) is 18.9 Å². The molecule has 0 aliphatic carbocycles. The highest BCUT2D eigenvalue weighted by atomic mass is 35.5. The van der Waals surface area contributed by atoms with E-state index < -0.39 is 0 Å². The Hall–Kier alpha value is -2.85. The van der Waals surface area contributed by atoms with Crippen molar-refractivity contribution in [3.05, 3.63) is 76.8 Å². The van der Waals surface area contributed by atoms with Crippen molar-refractivity contribution in [3.8, 4) is 5.75 Å². The van der Waals surface area contributed by atoms with Gasteiger partial charge in [0.1, 0.15) is 5.75 Å². The summed E-state index contributed by atoms with van der Waals surface area (Å²) in [4.78, 5) is 12.3. The van der Waals surface area contributed by atoms with Gasteiger partial charge >= 0.3 is 0 Å². The van der Waals surface area contributed by atoms with Gasteiger partial charge < -0.3 is 4.74 Å². The Bertz CT molecular complexity index is 917.